The molecule has 0 spiro atoms. The fraction of sp³-hybridized carbons (Fsp3) is 0.917. The van der Waals surface area contributed by atoms with Gasteiger partial charge >= 0.3 is 5.97 Å². The van der Waals surface area contributed by atoms with Gasteiger partial charge in [0, 0.05) is 12.8 Å². The third-order valence-corrected chi connectivity index (χ3v) is 16.8. The minimum Gasteiger partial charge on any atom is -0.466 e. The summed E-state index contributed by atoms with van der Waals surface area (Å²) in [7, 11) is 0. The molecule has 0 aliphatic rings. The lowest BCUT2D eigenvalue weighted by atomic mass is 10.0. The summed E-state index contributed by atoms with van der Waals surface area (Å²) in [5, 5.41) is 23.3. The number of hydrogen-bond acceptors (Lipinski definition) is 5. The molecule has 0 rings (SSSR count). The number of unbranched alkanes of at least 4 members (excludes halogenated alkanes) is 52. The van der Waals surface area contributed by atoms with Crippen molar-refractivity contribution in [2.24, 2.45) is 0 Å². The lowest BCUT2D eigenvalue weighted by molar-refractivity contribution is -0.143. The maximum Gasteiger partial charge on any atom is 0.305 e. The second kappa shape index (κ2) is 67.8. The molecule has 0 bridgehead atoms. The summed E-state index contributed by atoms with van der Waals surface area (Å²) in [6, 6.07) is -0.541. The van der Waals surface area contributed by atoms with E-state index in [1.54, 1.807) is 0 Å². The van der Waals surface area contributed by atoms with Crippen molar-refractivity contribution in [2.45, 2.75) is 411 Å². The van der Waals surface area contributed by atoms with Gasteiger partial charge in [0.05, 0.1) is 25.4 Å². The minimum atomic E-state index is -0.664. The second-order valence-corrected chi connectivity index (χ2v) is 24.6. The fourth-order valence-electron chi connectivity index (χ4n) is 11.3. The van der Waals surface area contributed by atoms with Crippen LogP contribution >= 0.6 is 0 Å². The van der Waals surface area contributed by atoms with E-state index < -0.39 is 12.1 Å². The monoisotopic (exact) mass is 1100 g/mol. The molecule has 1 amide bonds. The van der Waals surface area contributed by atoms with Gasteiger partial charge in [-0.05, 0) is 57.8 Å². The molecule has 0 aromatic rings. The summed E-state index contributed by atoms with van der Waals surface area (Å²) >= 11 is 0. The van der Waals surface area contributed by atoms with Crippen LogP contribution in [-0.4, -0.2) is 47.4 Å². The third-order valence-electron chi connectivity index (χ3n) is 16.8. The summed E-state index contributed by atoms with van der Waals surface area (Å²) in [5.74, 6) is -0.0149. The molecule has 0 heterocycles. The van der Waals surface area contributed by atoms with Gasteiger partial charge in [-0.2, -0.15) is 0 Å². The van der Waals surface area contributed by atoms with Gasteiger partial charge in [0.1, 0.15) is 0 Å². The number of esters is 1. The molecule has 2 unspecified atom stereocenters. The Hall–Kier alpha value is -1.66. The van der Waals surface area contributed by atoms with E-state index in [1.165, 1.54) is 321 Å². The highest BCUT2D eigenvalue weighted by molar-refractivity contribution is 5.76. The van der Waals surface area contributed by atoms with E-state index in [2.05, 4.69) is 43.5 Å². The van der Waals surface area contributed by atoms with E-state index in [4.69, 9.17) is 4.74 Å². The second-order valence-electron chi connectivity index (χ2n) is 24.6. The number of carbonyl (C=O) groups excluding carboxylic acids is 2. The fourth-order valence-corrected chi connectivity index (χ4v) is 11.3. The van der Waals surface area contributed by atoms with Crippen LogP contribution in [0.15, 0.2) is 24.3 Å². The quantitative estimate of drug-likeness (QED) is 0.0320. The first-order chi connectivity index (χ1) is 38.5. The molecule has 0 radical (unpaired) electrons. The van der Waals surface area contributed by atoms with E-state index in [0.717, 1.165) is 44.9 Å². The van der Waals surface area contributed by atoms with Crippen molar-refractivity contribution in [3.8, 4) is 0 Å². The Morgan fingerprint density at radius 1 is 0.359 bits per heavy atom. The number of aliphatic hydroxyl groups excluding tert-OH is 2. The summed E-state index contributed by atoms with van der Waals surface area (Å²) in [6.45, 7) is 4.99. The highest BCUT2D eigenvalue weighted by atomic mass is 16.5. The Bertz CT molecular complexity index is 1220. The standard InChI is InChI=1S/C72H139NO5/c1-3-5-7-9-11-13-15-17-19-37-40-44-48-52-56-60-64-70(75)69(68-74)73-71(76)65-61-57-53-49-45-41-38-35-33-31-29-27-25-23-21-20-22-24-26-28-30-32-34-36-39-43-47-51-55-59-63-67-78-72(77)66-62-58-54-50-46-42-18-16-14-12-10-8-6-4-2/h22,24,28,30,69-70,74-75H,3-21,23,25-27,29,31-68H2,1-2H3,(H,73,76)/b24-22-,30-28-. The predicted molar refractivity (Wildman–Crippen MR) is 343 cm³/mol. The SMILES string of the molecule is CCCCCCCCCCCCCCCCCCC(O)C(CO)NC(=O)CCCCCCCCCCCCCCCCC/C=C\C/C=C\CCCCCCCCCCCOC(=O)CCCCCCCCCCCCCCCC. The summed E-state index contributed by atoms with van der Waals surface area (Å²) in [5.41, 5.74) is 0. The molecule has 6 nitrogen and oxygen atoms in total. The Morgan fingerprint density at radius 3 is 0.974 bits per heavy atom. The number of allylic oxidation sites excluding steroid dienone is 4. The molecule has 78 heavy (non-hydrogen) atoms. The van der Waals surface area contributed by atoms with E-state index in [0.29, 0.717) is 25.9 Å². The van der Waals surface area contributed by atoms with E-state index in [-0.39, 0.29) is 18.5 Å². The number of nitrogens with one attached hydrogen (secondary N) is 1. The Kier molecular flexibility index (Phi) is 66.4. The molecule has 462 valence electrons. The van der Waals surface area contributed by atoms with Gasteiger partial charge in [-0.3, -0.25) is 9.59 Å². The molecular formula is C72H139NO5. The lowest BCUT2D eigenvalue weighted by Gasteiger charge is -2.22. The molecule has 0 aliphatic carbocycles. The molecule has 0 aromatic carbocycles. The number of hydrogen-bond donors (Lipinski definition) is 3. The maximum atomic E-state index is 12.5. The summed E-state index contributed by atoms with van der Waals surface area (Å²) in [4.78, 5) is 24.6. The molecule has 0 fully saturated rings. The highest BCUT2D eigenvalue weighted by Crippen LogP contribution is 2.19. The van der Waals surface area contributed by atoms with Gasteiger partial charge in [-0.1, -0.05) is 353 Å². The van der Waals surface area contributed by atoms with Gasteiger partial charge in [-0.15, -0.1) is 0 Å². The lowest BCUT2D eigenvalue weighted by Crippen LogP contribution is -2.45. The Balaban J connectivity index is 3.38. The number of rotatable bonds is 67. The van der Waals surface area contributed by atoms with Crippen molar-refractivity contribution in [1.82, 2.24) is 5.32 Å². The van der Waals surface area contributed by atoms with E-state index in [1.807, 2.05) is 0 Å². The average Bonchev–Trinajstić information content (AvgIpc) is 3.44. The van der Waals surface area contributed by atoms with E-state index >= 15 is 0 Å². The zero-order valence-corrected chi connectivity index (χ0v) is 52.9. The molecule has 3 N–H and O–H groups in total. The average molecular weight is 1100 g/mol. The van der Waals surface area contributed by atoms with Crippen molar-refractivity contribution < 1.29 is 24.5 Å². The zero-order valence-electron chi connectivity index (χ0n) is 52.9. The first kappa shape index (κ1) is 76.3. The molecule has 0 saturated carbocycles. The first-order valence-corrected chi connectivity index (χ1v) is 35.6. The van der Waals surface area contributed by atoms with Crippen molar-refractivity contribution in [3.63, 3.8) is 0 Å². The summed E-state index contributed by atoms with van der Waals surface area (Å²) in [6.07, 6.45) is 85.2. The smallest absolute Gasteiger partial charge is 0.305 e. The van der Waals surface area contributed by atoms with Crippen LogP contribution in [0.3, 0.4) is 0 Å². The Morgan fingerprint density at radius 2 is 0.641 bits per heavy atom. The van der Waals surface area contributed by atoms with Crippen molar-refractivity contribution >= 4 is 11.9 Å². The predicted octanol–water partition coefficient (Wildman–Crippen LogP) is 22.9. The number of aliphatic hydroxyl groups is 2. The van der Waals surface area contributed by atoms with Crippen LogP contribution in [0.25, 0.3) is 0 Å². The van der Waals surface area contributed by atoms with Gasteiger partial charge < -0.3 is 20.3 Å². The van der Waals surface area contributed by atoms with Gasteiger partial charge in [0.25, 0.3) is 0 Å². The normalized spacial score (nSPS) is 12.6. The molecular weight excluding hydrogens is 959 g/mol. The number of ether oxygens (including phenoxy) is 1. The molecule has 6 heteroatoms. The van der Waals surface area contributed by atoms with E-state index in [9.17, 15) is 19.8 Å². The van der Waals surface area contributed by atoms with Crippen molar-refractivity contribution in [3.05, 3.63) is 24.3 Å². The molecule has 0 aliphatic heterocycles. The largest absolute Gasteiger partial charge is 0.466 e. The van der Waals surface area contributed by atoms with Crippen LogP contribution in [0.4, 0.5) is 0 Å². The van der Waals surface area contributed by atoms with Gasteiger partial charge in [0.2, 0.25) is 5.91 Å². The van der Waals surface area contributed by atoms with Crippen LogP contribution in [0.2, 0.25) is 0 Å². The van der Waals surface area contributed by atoms with Gasteiger partial charge in [-0.25, -0.2) is 0 Å². The molecule has 0 saturated heterocycles. The topological polar surface area (TPSA) is 95.9 Å². The van der Waals surface area contributed by atoms with Crippen molar-refractivity contribution in [2.75, 3.05) is 13.2 Å². The highest BCUT2D eigenvalue weighted by Gasteiger charge is 2.20. The number of carbonyl (C=O) groups is 2. The van der Waals surface area contributed by atoms with Crippen LogP contribution in [0.5, 0.6) is 0 Å². The zero-order chi connectivity index (χ0) is 56.4. The van der Waals surface area contributed by atoms with Crippen LogP contribution in [-0.2, 0) is 14.3 Å². The van der Waals surface area contributed by atoms with Gasteiger partial charge in [0.15, 0.2) is 0 Å². The minimum absolute atomic E-state index is 0.0161. The van der Waals surface area contributed by atoms with Crippen LogP contribution in [0, 0.1) is 0 Å². The van der Waals surface area contributed by atoms with Crippen LogP contribution in [0.1, 0.15) is 399 Å². The third kappa shape index (κ3) is 63.5. The maximum absolute atomic E-state index is 12.5. The molecule has 0 aromatic heterocycles. The molecule has 2 atom stereocenters. The van der Waals surface area contributed by atoms with Crippen molar-refractivity contribution in [1.29, 1.82) is 0 Å². The number of amides is 1. The Labute approximate surface area is 488 Å². The van der Waals surface area contributed by atoms with Crippen LogP contribution < -0.4 is 5.32 Å². The summed E-state index contributed by atoms with van der Waals surface area (Å²) < 4.78 is 5.49. The first-order valence-electron chi connectivity index (χ1n) is 35.6.